The Morgan fingerprint density at radius 1 is 0.912 bits per heavy atom. The molecule has 0 aromatic heterocycles. The van der Waals surface area contributed by atoms with E-state index < -0.39 is 30.3 Å². The van der Waals surface area contributed by atoms with Crippen molar-refractivity contribution < 1.29 is 23.9 Å². The summed E-state index contributed by atoms with van der Waals surface area (Å²) in [6.07, 6.45) is 0. The van der Waals surface area contributed by atoms with Crippen LogP contribution < -0.4 is 10.2 Å². The largest absolute Gasteiger partial charge is 0.452 e. The fourth-order valence-corrected chi connectivity index (χ4v) is 3.88. The van der Waals surface area contributed by atoms with Crippen LogP contribution in [0.5, 0.6) is 0 Å². The Hall–Kier alpha value is -3.97. The highest BCUT2D eigenvalue weighted by atomic mass is 35.5. The summed E-state index contributed by atoms with van der Waals surface area (Å²) in [6.45, 7) is 4.97. The highest BCUT2D eigenvalue weighted by Gasteiger charge is 2.38. The third-order valence-corrected chi connectivity index (χ3v) is 6.22. The zero-order valence-corrected chi connectivity index (χ0v) is 19.5. The van der Waals surface area contributed by atoms with E-state index in [1.807, 2.05) is 19.9 Å². The van der Waals surface area contributed by atoms with Crippen LogP contribution in [0.4, 0.5) is 11.4 Å². The topological polar surface area (TPSA) is 92.8 Å². The van der Waals surface area contributed by atoms with E-state index in [0.29, 0.717) is 22.0 Å². The molecule has 34 heavy (non-hydrogen) atoms. The van der Waals surface area contributed by atoms with Crippen molar-refractivity contribution in [2.45, 2.75) is 20.8 Å². The Bertz CT molecular complexity index is 1370. The fraction of sp³-hybridized carbons (Fsp3) is 0.154. The molecule has 3 aromatic carbocycles. The van der Waals surface area contributed by atoms with Crippen LogP contribution in [0, 0.1) is 20.8 Å². The zero-order chi connectivity index (χ0) is 24.6. The van der Waals surface area contributed by atoms with E-state index in [0.717, 1.165) is 16.0 Å². The first kappa shape index (κ1) is 23.2. The van der Waals surface area contributed by atoms with Gasteiger partial charge in [-0.25, -0.2) is 9.69 Å². The van der Waals surface area contributed by atoms with Gasteiger partial charge in [-0.05, 0) is 73.9 Å². The number of carbonyl (C=O) groups is 4. The lowest BCUT2D eigenvalue weighted by Gasteiger charge is -2.17. The van der Waals surface area contributed by atoms with Crippen molar-refractivity contribution in [2.24, 2.45) is 0 Å². The minimum atomic E-state index is -0.786. The van der Waals surface area contributed by atoms with E-state index in [1.165, 1.54) is 18.2 Å². The van der Waals surface area contributed by atoms with Gasteiger partial charge < -0.3 is 10.1 Å². The highest BCUT2D eigenvalue weighted by molar-refractivity contribution is 6.35. The van der Waals surface area contributed by atoms with Crippen LogP contribution in [0.3, 0.4) is 0 Å². The van der Waals surface area contributed by atoms with Crippen LogP contribution in [0.2, 0.25) is 5.02 Å². The zero-order valence-electron chi connectivity index (χ0n) is 18.8. The number of nitrogens with zero attached hydrogens (tertiary/aromatic N) is 1. The number of anilines is 2. The van der Waals surface area contributed by atoms with Gasteiger partial charge in [-0.1, -0.05) is 29.8 Å². The lowest BCUT2D eigenvalue weighted by Crippen LogP contribution is -2.30. The lowest BCUT2D eigenvalue weighted by atomic mass is 10.1. The number of fused-ring (bicyclic) bond motifs is 1. The Kier molecular flexibility index (Phi) is 6.22. The second-order valence-corrected chi connectivity index (χ2v) is 8.37. The van der Waals surface area contributed by atoms with Gasteiger partial charge in [0.1, 0.15) is 0 Å². The number of rotatable bonds is 5. The second-order valence-electron chi connectivity index (χ2n) is 7.96. The Balaban J connectivity index is 1.48. The molecular weight excluding hydrogens is 456 g/mol. The number of ether oxygens (including phenoxy) is 1. The highest BCUT2D eigenvalue weighted by Crippen LogP contribution is 2.32. The minimum Gasteiger partial charge on any atom is -0.452 e. The van der Waals surface area contributed by atoms with E-state index in [1.54, 1.807) is 37.3 Å². The van der Waals surface area contributed by atoms with E-state index in [-0.39, 0.29) is 16.7 Å². The predicted molar refractivity (Wildman–Crippen MR) is 129 cm³/mol. The molecule has 8 heteroatoms. The average Bonchev–Trinajstić information content (AvgIpc) is 3.06. The first-order chi connectivity index (χ1) is 16.2. The minimum absolute atomic E-state index is 0.0643. The molecule has 0 fully saturated rings. The van der Waals surface area contributed by atoms with Gasteiger partial charge in [-0.15, -0.1) is 0 Å². The third kappa shape index (κ3) is 4.18. The maximum Gasteiger partial charge on any atom is 0.338 e. The standard InChI is InChI=1S/C26H21ClN2O5/c1-14-6-4-9-22(15(14)2)29-24(31)18-11-10-17(12-19(18)25(29)32)26(33)34-13-23(30)28-21-8-5-7-20(27)16(21)3/h4-12H,13H2,1-3H3,(H,28,30). The molecule has 0 radical (unpaired) electrons. The van der Waals surface area contributed by atoms with E-state index >= 15 is 0 Å². The molecule has 0 spiro atoms. The number of imide groups is 1. The predicted octanol–water partition coefficient (Wildman–Crippen LogP) is 4.86. The van der Waals surface area contributed by atoms with Gasteiger partial charge in [-0.3, -0.25) is 14.4 Å². The molecule has 1 aliphatic rings. The number of nitrogens with one attached hydrogen (secondary N) is 1. The molecule has 7 nitrogen and oxygen atoms in total. The first-order valence-corrected chi connectivity index (χ1v) is 10.9. The molecule has 0 atom stereocenters. The van der Waals surface area contributed by atoms with Crippen molar-refractivity contribution in [1.82, 2.24) is 0 Å². The normalized spacial score (nSPS) is 12.5. The Morgan fingerprint density at radius 3 is 2.38 bits per heavy atom. The van der Waals surface area contributed by atoms with Gasteiger partial charge in [0.15, 0.2) is 6.61 Å². The molecule has 4 rings (SSSR count). The monoisotopic (exact) mass is 476 g/mol. The summed E-state index contributed by atoms with van der Waals surface area (Å²) in [4.78, 5) is 51.8. The number of esters is 1. The third-order valence-electron chi connectivity index (χ3n) is 5.82. The van der Waals surface area contributed by atoms with Crippen LogP contribution in [-0.2, 0) is 9.53 Å². The van der Waals surface area contributed by atoms with Gasteiger partial charge in [0.05, 0.1) is 22.4 Å². The molecule has 1 heterocycles. The van der Waals surface area contributed by atoms with Crippen LogP contribution in [0.25, 0.3) is 0 Å². The second kappa shape index (κ2) is 9.11. The van der Waals surface area contributed by atoms with Crippen molar-refractivity contribution in [3.05, 3.63) is 93.0 Å². The number of amides is 3. The van der Waals surface area contributed by atoms with Crippen molar-refractivity contribution >= 4 is 46.7 Å². The molecular formula is C26H21ClN2O5. The number of aryl methyl sites for hydroxylation is 1. The van der Waals surface area contributed by atoms with Gasteiger partial charge in [-0.2, -0.15) is 0 Å². The number of carbonyl (C=O) groups excluding carboxylic acids is 4. The fourth-order valence-electron chi connectivity index (χ4n) is 3.71. The van der Waals surface area contributed by atoms with Gasteiger partial charge >= 0.3 is 5.97 Å². The molecule has 3 aromatic rings. The molecule has 0 saturated heterocycles. The number of halogens is 1. The molecule has 0 saturated carbocycles. The van der Waals surface area contributed by atoms with Gasteiger partial charge in [0.25, 0.3) is 17.7 Å². The SMILES string of the molecule is Cc1cccc(N2C(=O)c3ccc(C(=O)OCC(=O)Nc4cccc(Cl)c4C)cc3C2=O)c1C. The maximum absolute atomic E-state index is 13.1. The van der Waals surface area contributed by atoms with Crippen LogP contribution in [0.15, 0.2) is 54.6 Å². The molecule has 172 valence electrons. The lowest BCUT2D eigenvalue weighted by molar-refractivity contribution is -0.119. The summed E-state index contributed by atoms with van der Waals surface area (Å²) >= 11 is 6.05. The molecule has 3 amide bonds. The Labute approximate surface area is 201 Å². The van der Waals surface area contributed by atoms with Gasteiger partial charge in [0.2, 0.25) is 0 Å². The molecule has 0 bridgehead atoms. The molecule has 0 unspecified atom stereocenters. The summed E-state index contributed by atoms with van der Waals surface area (Å²) in [5.74, 6) is -2.29. The van der Waals surface area contributed by atoms with Gasteiger partial charge in [0, 0.05) is 10.7 Å². The number of hydrogen-bond acceptors (Lipinski definition) is 5. The summed E-state index contributed by atoms with van der Waals surface area (Å²) < 4.78 is 5.11. The number of benzene rings is 3. The van der Waals surface area contributed by atoms with E-state index in [9.17, 15) is 19.2 Å². The summed E-state index contributed by atoms with van der Waals surface area (Å²) in [7, 11) is 0. The quantitative estimate of drug-likeness (QED) is 0.419. The van der Waals surface area contributed by atoms with Crippen molar-refractivity contribution in [3.8, 4) is 0 Å². The first-order valence-electron chi connectivity index (χ1n) is 10.5. The van der Waals surface area contributed by atoms with Crippen LogP contribution >= 0.6 is 11.6 Å². The van der Waals surface area contributed by atoms with Crippen molar-refractivity contribution in [2.75, 3.05) is 16.8 Å². The smallest absolute Gasteiger partial charge is 0.338 e. The Morgan fingerprint density at radius 2 is 1.62 bits per heavy atom. The molecule has 1 aliphatic heterocycles. The van der Waals surface area contributed by atoms with Crippen LogP contribution in [0.1, 0.15) is 47.8 Å². The van der Waals surface area contributed by atoms with E-state index in [4.69, 9.17) is 16.3 Å². The van der Waals surface area contributed by atoms with Crippen molar-refractivity contribution in [1.29, 1.82) is 0 Å². The molecule has 0 aliphatic carbocycles. The summed E-state index contributed by atoms with van der Waals surface area (Å²) in [6, 6.07) is 14.6. The number of hydrogen-bond donors (Lipinski definition) is 1. The molecule has 1 N–H and O–H groups in total. The summed E-state index contributed by atoms with van der Waals surface area (Å²) in [5, 5.41) is 3.14. The van der Waals surface area contributed by atoms with E-state index in [2.05, 4.69) is 5.32 Å². The maximum atomic E-state index is 13.1. The van der Waals surface area contributed by atoms with Crippen LogP contribution in [-0.4, -0.2) is 30.3 Å². The van der Waals surface area contributed by atoms with Crippen molar-refractivity contribution in [3.63, 3.8) is 0 Å². The summed E-state index contributed by atoms with van der Waals surface area (Å²) in [5.41, 5.74) is 3.86. The average molecular weight is 477 g/mol.